The van der Waals surface area contributed by atoms with Crippen molar-refractivity contribution in [1.82, 2.24) is 5.32 Å². The summed E-state index contributed by atoms with van der Waals surface area (Å²) in [5, 5.41) is 3.56. The Bertz CT molecular complexity index is 185. The first-order valence-corrected chi connectivity index (χ1v) is 7.34. The van der Waals surface area contributed by atoms with E-state index in [1.54, 1.807) is 7.11 Å². The van der Waals surface area contributed by atoms with E-state index in [2.05, 4.69) is 33.0 Å². The fourth-order valence-corrected chi connectivity index (χ4v) is 1.95. The zero-order chi connectivity index (χ0) is 13.9. The molecule has 0 aliphatic heterocycles. The largest absolute Gasteiger partial charge is 0.382 e. The van der Waals surface area contributed by atoms with Crippen LogP contribution in [0.15, 0.2) is 0 Å². The molecule has 3 nitrogen and oxygen atoms in total. The third kappa shape index (κ3) is 8.06. The van der Waals surface area contributed by atoms with Crippen LogP contribution in [0.4, 0.5) is 0 Å². The lowest BCUT2D eigenvalue weighted by Crippen LogP contribution is -2.36. The van der Waals surface area contributed by atoms with E-state index in [1.165, 1.54) is 12.8 Å². The van der Waals surface area contributed by atoms with Crippen LogP contribution in [0.1, 0.15) is 47.0 Å². The monoisotopic (exact) mass is 259 g/mol. The van der Waals surface area contributed by atoms with Gasteiger partial charge in [-0.2, -0.15) is 0 Å². The number of methoxy groups -OCH3 is 1. The van der Waals surface area contributed by atoms with Gasteiger partial charge in [-0.15, -0.1) is 0 Å². The first kappa shape index (κ1) is 17.9. The summed E-state index contributed by atoms with van der Waals surface area (Å²) >= 11 is 0. The first-order chi connectivity index (χ1) is 8.56. The van der Waals surface area contributed by atoms with E-state index in [-0.39, 0.29) is 0 Å². The highest BCUT2D eigenvalue weighted by atomic mass is 16.5. The average molecular weight is 259 g/mol. The molecule has 18 heavy (non-hydrogen) atoms. The van der Waals surface area contributed by atoms with Gasteiger partial charge in [-0.05, 0) is 37.1 Å². The van der Waals surface area contributed by atoms with E-state index in [4.69, 9.17) is 9.47 Å². The van der Waals surface area contributed by atoms with Crippen LogP contribution in [0.5, 0.6) is 0 Å². The van der Waals surface area contributed by atoms with E-state index in [1.807, 2.05) is 0 Å². The standard InChI is InChI=1S/C15H33NO2/c1-6-9-16-13-15(4,14(2)3)8-7-10-18-12-11-17-5/h14,16H,6-13H2,1-5H3. The Balaban J connectivity index is 3.81. The molecule has 0 saturated carbocycles. The van der Waals surface area contributed by atoms with E-state index in [0.29, 0.717) is 24.5 Å². The number of rotatable bonds is 12. The number of hydrogen-bond donors (Lipinski definition) is 1. The molecule has 0 fully saturated rings. The van der Waals surface area contributed by atoms with Gasteiger partial charge in [0.05, 0.1) is 13.2 Å². The summed E-state index contributed by atoms with van der Waals surface area (Å²) in [5.41, 5.74) is 0.375. The topological polar surface area (TPSA) is 30.5 Å². The molecule has 1 atom stereocenters. The molecule has 0 aliphatic rings. The Hall–Kier alpha value is -0.120. The van der Waals surface area contributed by atoms with Gasteiger partial charge in [0.15, 0.2) is 0 Å². The van der Waals surface area contributed by atoms with Crippen molar-refractivity contribution in [2.45, 2.75) is 47.0 Å². The lowest BCUT2D eigenvalue weighted by Gasteiger charge is -2.34. The van der Waals surface area contributed by atoms with Crippen molar-refractivity contribution in [3.63, 3.8) is 0 Å². The maximum Gasteiger partial charge on any atom is 0.0700 e. The number of nitrogens with one attached hydrogen (secondary N) is 1. The van der Waals surface area contributed by atoms with Crippen LogP contribution in [0.25, 0.3) is 0 Å². The van der Waals surface area contributed by atoms with Crippen LogP contribution in [-0.2, 0) is 9.47 Å². The van der Waals surface area contributed by atoms with Crippen LogP contribution < -0.4 is 5.32 Å². The minimum Gasteiger partial charge on any atom is -0.382 e. The lowest BCUT2D eigenvalue weighted by molar-refractivity contribution is 0.0607. The third-order valence-electron chi connectivity index (χ3n) is 3.82. The van der Waals surface area contributed by atoms with Crippen LogP contribution in [0.3, 0.4) is 0 Å². The molecule has 110 valence electrons. The van der Waals surface area contributed by atoms with E-state index >= 15 is 0 Å². The van der Waals surface area contributed by atoms with Crippen molar-refractivity contribution in [1.29, 1.82) is 0 Å². The van der Waals surface area contributed by atoms with Crippen molar-refractivity contribution in [2.75, 3.05) is 40.0 Å². The highest BCUT2D eigenvalue weighted by molar-refractivity contribution is 4.80. The Morgan fingerprint density at radius 2 is 1.89 bits per heavy atom. The summed E-state index contributed by atoms with van der Waals surface area (Å²) in [6.07, 6.45) is 3.55. The zero-order valence-electron chi connectivity index (χ0n) is 13.1. The predicted molar refractivity (Wildman–Crippen MR) is 78.0 cm³/mol. The van der Waals surface area contributed by atoms with Crippen molar-refractivity contribution in [2.24, 2.45) is 11.3 Å². The molecular weight excluding hydrogens is 226 g/mol. The molecule has 0 amide bonds. The smallest absolute Gasteiger partial charge is 0.0700 e. The molecule has 0 saturated heterocycles. The molecule has 0 aromatic rings. The molecule has 1 N–H and O–H groups in total. The van der Waals surface area contributed by atoms with E-state index in [9.17, 15) is 0 Å². The predicted octanol–water partition coefficient (Wildman–Crippen LogP) is 3.09. The van der Waals surface area contributed by atoms with Crippen LogP contribution in [0.2, 0.25) is 0 Å². The second-order valence-electron chi connectivity index (χ2n) is 5.69. The van der Waals surface area contributed by atoms with Gasteiger partial charge in [-0.1, -0.05) is 27.7 Å². The van der Waals surface area contributed by atoms with Crippen molar-refractivity contribution >= 4 is 0 Å². The van der Waals surface area contributed by atoms with Gasteiger partial charge in [0, 0.05) is 20.3 Å². The van der Waals surface area contributed by atoms with Gasteiger partial charge < -0.3 is 14.8 Å². The Kier molecular flexibility index (Phi) is 10.7. The van der Waals surface area contributed by atoms with Crippen molar-refractivity contribution in [3.8, 4) is 0 Å². The van der Waals surface area contributed by atoms with Crippen LogP contribution in [0, 0.1) is 11.3 Å². The van der Waals surface area contributed by atoms with Crippen molar-refractivity contribution < 1.29 is 9.47 Å². The highest BCUT2D eigenvalue weighted by Gasteiger charge is 2.27. The molecule has 0 rings (SSSR count). The summed E-state index contributed by atoms with van der Waals surface area (Å²) in [5.74, 6) is 0.695. The van der Waals surface area contributed by atoms with Crippen LogP contribution in [-0.4, -0.2) is 40.0 Å². The van der Waals surface area contributed by atoms with Gasteiger partial charge >= 0.3 is 0 Å². The lowest BCUT2D eigenvalue weighted by atomic mass is 9.75. The van der Waals surface area contributed by atoms with Gasteiger partial charge in [0.2, 0.25) is 0 Å². The van der Waals surface area contributed by atoms with Gasteiger partial charge in [-0.3, -0.25) is 0 Å². The molecule has 0 radical (unpaired) electrons. The fraction of sp³-hybridized carbons (Fsp3) is 1.00. The Morgan fingerprint density at radius 3 is 2.44 bits per heavy atom. The minimum atomic E-state index is 0.375. The molecule has 1 unspecified atom stereocenters. The highest BCUT2D eigenvalue weighted by Crippen LogP contribution is 2.31. The zero-order valence-corrected chi connectivity index (χ0v) is 13.1. The second-order valence-corrected chi connectivity index (χ2v) is 5.69. The summed E-state index contributed by atoms with van der Waals surface area (Å²) < 4.78 is 10.5. The normalized spacial score (nSPS) is 15.0. The maximum absolute atomic E-state index is 5.53. The summed E-state index contributed by atoms with van der Waals surface area (Å²) in [4.78, 5) is 0. The number of ether oxygens (including phenoxy) is 2. The Morgan fingerprint density at radius 1 is 1.17 bits per heavy atom. The van der Waals surface area contributed by atoms with Gasteiger partial charge in [-0.25, -0.2) is 0 Å². The molecule has 0 spiro atoms. The quantitative estimate of drug-likeness (QED) is 0.546. The summed E-state index contributed by atoms with van der Waals surface area (Å²) in [6.45, 7) is 13.7. The van der Waals surface area contributed by atoms with E-state index in [0.717, 1.165) is 26.1 Å². The molecule has 3 heteroatoms. The minimum absolute atomic E-state index is 0.375. The Labute approximate surface area is 114 Å². The van der Waals surface area contributed by atoms with Crippen LogP contribution >= 0.6 is 0 Å². The molecule has 0 heterocycles. The second kappa shape index (κ2) is 10.8. The van der Waals surface area contributed by atoms with Gasteiger partial charge in [0.25, 0.3) is 0 Å². The number of hydrogen-bond acceptors (Lipinski definition) is 3. The SMILES string of the molecule is CCCNCC(C)(CCCOCCOC)C(C)C. The first-order valence-electron chi connectivity index (χ1n) is 7.34. The molecular formula is C15H33NO2. The molecule has 0 aromatic heterocycles. The molecule has 0 bridgehead atoms. The average Bonchev–Trinajstić information content (AvgIpc) is 2.34. The third-order valence-corrected chi connectivity index (χ3v) is 3.82. The molecule has 0 aromatic carbocycles. The maximum atomic E-state index is 5.53. The van der Waals surface area contributed by atoms with E-state index < -0.39 is 0 Å². The van der Waals surface area contributed by atoms with Gasteiger partial charge in [0.1, 0.15) is 0 Å². The van der Waals surface area contributed by atoms with Crippen molar-refractivity contribution in [3.05, 3.63) is 0 Å². The summed E-state index contributed by atoms with van der Waals surface area (Å²) in [6, 6.07) is 0. The summed E-state index contributed by atoms with van der Waals surface area (Å²) in [7, 11) is 1.71. The fourth-order valence-electron chi connectivity index (χ4n) is 1.95. The molecule has 0 aliphatic carbocycles.